The topological polar surface area (TPSA) is 42.4 Å². The molecule has 4 nitrogen and oxygen atoms in total. The Kier molecular flexibility index (Phi) is 4.83. The SMILES string of the molecule is Cc1ccc(C)c(C(=O)N2CCC(Oc3nc4c(F)cccc4s3)CC2)c1. The summed E-state index contributed by atoms with van der Waals surface area (Å²) < 4.78 is 20.5. The van der Waals surface area contributed by atoms with Crippen LogP contribution in [0.15, 0.2) is 36.4 Å². The number of hydrogen-bond acceptors (Lipinski definition) is 4. The second-order valence-corrected chi connectivity index (χ2v) is 7.99. The number of aromatic nitrogens is 1. The number of benzene rings is 2. The molecule has 0 bridgehead atoms. The molecule has 27 heavy (non-hydrogen) atoms. The molecule has 140 valence electrons. The molecule has 1 amide bonds. The molecule has 0 radical (unpaired) electrons. The van der Waals surface area contributed by atoms with Crippen molar-refractivity contribution in [3.8, 4) is 5.19 Å². The van der Waals surface area contributed by atoms with E-state index in [0.29, 0.717) is 23.8 Å². The molecule has 1 aliphatic rings. The third-order valence-electron chi connectivity index (χ3n) is 4.97. The van der Waals surface area contributed by atoms with Crippen LogP contribution in [0.1, 0.15) is 34.3 Å². The second kappa shape index (κ2) is 7.27. The van der Waals surface area contributed by atoms with E-state index >= 15 is 0 Å². The van der Waals surface area contributed by atoms with Crippen molar-refractivity contribution in [3.05, 3.63) is 58.9 Å². The first kappa shape index (κ1) is 17.9. The van der Waals surface area contributed by atoms with Crippen LogP contribution in [0.2, 0.25) is 0 Å². The van der Waals surface area contributed by atoms with Crippen LogP contribution in [0.3, 0.4) is 0 Å². The number of nitrogens with zero attached hydrogens (tertiary/aromatic N) is 2. The Morgan fingerprint density at radius 3 is 2.74 bits per heavy atom. The molecule has 4 rings (SSSR count). The molecule has 1 saturated heterocycles. The molecule has 0 aliphatic carbocycles. The van der Waals surface area contributed by atoms with E-state index in [-0.39, 0.29) is 17.8 Å². The zero-order valence-electron chi connectivity index (χ0n) is 15.4. The number of fused-ring (bicyclic) bond motifs is 1. The summed E-state index contributed by atoms with van der Waals surface area (Å²) in [5, 5.41) is 0.495. The van der Waals surface area contributed by atoms with Gasteiger partial charge in [0.1, 0.15) is 17.4 Å². The van der Waals surface area contributed by atoms with E-state index in [0.717, 1.165) is 34.2 Å². The Morgan fingerprint density at radius 2 is 2.00 bits per heavy atom. The van der Waals surface area contributed by atoms with Crippen LogP contribution < -0.4 is 4.74 Å². The molecule has 6 heteroatoms. The summed E-state index contributed by atoms with van der Waals surface area (Å²) in [5.74, 6) is -0.246. The highest BCUT2D eigenvalue weighted by molar-refractivity contribution is 7.20. The molecule has 0 saturated carbocycles. The standard InChI is InChI=1S/C21H21FN2O2S/c1-13-6-7-14(2)16(12-13)20(25)24-10-8-15(9-11-24)26-21-23-19-17(22)4-3-5-18(19)27-21/h3-7,12,15H,8-11H2,1-2H3. The van der Waals surface area contributed by atoms with Gasteiger partial charge in [-0.2, -0.15) is 4.98 Å². The highest BCUT2D eigenvalue weighted by Crippen LogP contribution is 2.31. The number of para-hydroxylation sites is 1. The number of carbonyl (C=O) groups is 1. The van der Waals surface area contributed by atoms with Crippen molar-refractivity contribution in [2.45, 2.75) is 32.8 Å². The van der Waals surface area contributed by atoms with E-state index in [2.05, 4.69) is 4.98 Å². The molecule has 1 aliphatic heterocycles. The average Bonchev–Trinajstić information content (AvgIpc) is 3.08. The first-order valence-corrected chi connectivity index (χ1v) is 9.91. The minimum absolute atomic E-state index is 0.00344. The van der Waals surface area contributed by atoms with Crippen LogP contribution in [-0.2, 0) is 0 Å². The van der Waals surface area contributed by atoms with Gasteiger partial charge < -0.3 is 9.64 Å². The highest BCUT2D eigenvalue weighted by Gasteiger charge is 2.26. The lowest BCUT2D eigenvalue weighted by Gasteiger charge is -2.32. The fraction of sp³-hybridized carbons (Fsp3) is 0.333. The molecular weight excluding hydrogens is 363 g/mol. The maximum Gasteiger partial charge on any atom is 0.274 e. The number of halogens is 1. The van der Waals surface area contributed by atoms with Crippen molar-refractivity contribution < 1.29 is 13.9 Å². The summed E-state index contributed by atoms with van der Waals surface area (Å²) in [6.45, 7) is 5.26. The van der Waals surface area contributed by atoms with Gasteiger partial charge in [-0.1, -0.05) is 35.1 Å². The van der Waals surface area contributed by atoms with Gasteiger partial charge in [0.25, 0.3) is 11.1 Å². The van der Waals surface area contributed by atoms with Gasteiger partial charge in [-0.05, 0) is 37.6 Å². The number of ether oxygens (including phenoxy) is 1. The summed E-state index contributed by atoms with van der Waals surface area (Å²) >= 11 is 1.36. The molecule has 0 unspecified atom stereocenters. The Labute approximate surface area is 161 Å². The van der Waals surface area contributed by atoms with Crippen LogP contribution in [0.4, 0.5) is 4.39 Å². The normalized spacial score (nSPS) is 15.3. The van der Waals surface area contributed by atoms with Crippen molar-refractivity contribution in [3.63, 3.8) is 0 Å². The van der Waals surface area contributed by atoms with Crippen molar-refractivity contribution in [1.29, 1.82) is 0 Å². The first-order chi connectivity index (χ1) is 13.0. The van der Waals surface area contributed by atoms with Crippen LogP contribution in [-0.4, -0.2) is 35.0 Å². The number of thiazole rings is 1. The number of carbonyl (C=O) groups excluding carboxylic acids is 1. The minimum Gasteiger partial charge on any atom is -0.467 e. The third kappa shape index (κ3) is 3.67. The number of hydrogen-bond donors (Lipinski definition) is 0. The van der Waals surface area contributed by atoms with E-state index in [1.54, 1.807) is 6.07 Å². The van der Waals surface area contributed by atoms with E-state index in [1.807, 2.05) is 43.0 Å². The maximum atomic E-state index is 13.8. The third-order valence-corrected chi connectivity index (χ3v) is 5.88. The summed E-state index contributed by atoms with van der Waals surface area (Å²) in [7, 11) is 0. The number of aryl methyl sites for hydroxylation is 2. The molecule has 2 aromatic carbocycles. The van der Waals surface area contributed by atoms with E-state index in [1.165, 1.54) is 17.4 Å². The van der Waals surface area contributed by atoms with Crippen LogP contribution in [0.25, 0.3) is 10.2 Å². The Hall–Kier alpha value is -2.47. The van der Waals surface area contributed by atoms with Gasteiger partial charge in [-0.15, -0.1) is 0 Å². The minimum atomic E-state index is -0.326. The van der Waals surface area contributed by atoms with Gasteiger partial charge >= 0.3 is 0 Å². The lowest BCUT2D eigenvalue weighted by Crippen LogP contribution is -2.42. The number of piperidine rings is 1. The molecular formula is C21H21FN2O2S. The summed E-state index contributed by atoms with van der Waals surface area (Å²) in [4.78, 5) is 19.0. The number of likely N-dealkylation sites (tertiary alicyclic amines) is 1. The fourth-order valence-corrected chi connectivity index (χ4v) is 4.30. The zero-order chi connectivity index (χ0) is 19.0. The van der Waals surface area contributed by atoms with E-state index in [4.69, 9.17) is 4.74 Å². The molecule has 1 fully saturated rings. The van der Waals surface area contributed by atoms with Gasteiger partial charge in [0.15, 0.2) is 0 Å². The van der Waals surface area contributed by atoms with E-state index < -0.39 is 0 Å². The Bertz CT molecular complexity index is 993. The van der Waals surface area contributed by atoms with Gasteiger partial charge in [0, 0.05) is 31.5 Å². The van der Waals surface area contributed by atoms with Crippen LogP contribution >= 0.6 is 11.3 Å². The molecule has 0 spiro atoms. The lowest BCUT2D eigenvalue weighted by molar-refractivity contribution is 0.0594. The highest BCUT2D eigenvalue weighted by atomic mass is 32.1. The van der Waals surface area contributed by atoms with Crippen molar-refractivity contribution in [2.75, 3.05) is 13.1 Å². The molecule has 3 aromatic rings. The Morgan fingerprint density at radius 1 is 1.22 bits per heavy atom. The number of amides is 1. The fourth-order valence-electron chi connectivity index (χ4n) is 3.40. The zero-order valence-corrected chi connectivity index (χ0v) is 16.2. The van der Waals surface area contributed by atoms with E-state index in [9.17, 15) is 9.18 Å². The van der Waals surface area contributed by atoms with Crippen LogP contribution in [0.5, 0.6) is 5.19 Å². The molecule has 2 heterocycles. The molecule has 0 atom stereocenters. The van der Waals surface area contributed by atoms with Crippen LogP contribution in [0, 0.1) is 19.7 Å². The first-order valence-electron chi connectivity index (χ1n) is 9.09. The quantitative estimate of drug-likeness (QED) is 0.655. The molecule has 1 aromatic heterocycles. The Balaban J connectivity index is 1.40. The lowest BCUT2D eigenvalue weighted by atomic mass is 10.0. The van der Waals surface area contributed by atoms with Crippen molar-refractivity contribution >= 4 is 27.5 Å². The average molecular weight is 384 g/mol. The summed E-state index contributed by atoms with van der Waals surface area (Å²) in [5.41, 5.74) is 3.22. The smallest absolute Gasteiger partial charge is 0.274 e. The maximum absolute atomic E-state index is 13.8. The number of rotatable bonds is 3. The van der Waals surface area contributed by atoms with Gasteiger partial charge in [-0.3, -0.25) is 4.79 Å². The monoisotopic (exact) mass is 384 g/mol. The second-order valence-electron chi connectivity index (χ2n) is 6.99. The van der Waals surface area contributed by atoms with Crippen molar-refractivity contribution in [2.24, 2.45) is 0 Å². The van der Waals surface area contributed by atoms with Gasteiger partial charge in [0.05, 0.1) is 4.70 Å². The molecule has 0 N–H and O–H groups in total. The largest absolute Gasteiger partial charge is 0.467 e. The predicted molar refractivity (Wildman–Crippen MR) is 105 cm³/mol. The van der Waals surface area contributed by atoms with Gasteiger partial charge in [-0.25, -0.2) is 4.39 Å². The van der Waals surface area contributed by atoms with Gasteiger partial charge in [0.2, 0.25) is 0 Å². The summed E-state index contributed by atoms with van der Waals surface area (Å²) in [6, 6.07) is 10.9. The summed E-state index contributed by atoms with van der Waals surface area (Å²) in [6.07, 6.45) is 1.49. The predicted octanol–water partition coefficient (Wildman–Crippen LogP) is 4.74. The van der Waals surface area contributed by atoms with Crippen molar-refractivity contribution in [1.82, 2.24) is 9.88 Å².